The van der Waals surface area contributed by atoms with Gasteiger partial charge in [0, 0.05) is 12.1 Å². The largest absolute Gasteiger partial charge is 0.326 e. The molecule has 20 heavy (non-hydrogen) atoms. The minimum absolute atomic E-state index is 0.227. The molecule has 1 saturated heterocycles. The van der Waals surface area contributed by atoms with E-state index in [-0.39, 0.29) is 6.04 Å². The Bertz CT molecular complexity index is 398. The molecule has 3 unspecified atom stereocenters. The van der Waals surface area contributed by atoms with Crippen LogP contribution in [-0.2, 0) is 0 Å². The van der Waals surface area contributed by atoms with Crippen molar-refractivity contribution in [3.8, 4) is 0 Å². The number of aryl methyl sites for hydroxylation is 1. The van der Waals surface area contributed by atoms with Gasteiger partial charge in [-0.3, -0.25) is 4.90 Å². The van der Waals surface area contributed by atoms with E-state index >= 15 is 0 Å². The topological polar surface area (TPSA) is 29.3 Å². The smallest absolute Gasteiger partial charge is 0.0501 e. The molecule has 2 rings (SSSR count). The number of piperidine rings is 1. The lowest BCUT2D eigenvalue weighted by atomic mass is 9.90. The summed E-state index contributed by atoms with van der Waals surface area (Å²) in [5, 5.41) is 0. The Morgan fingerprint density at radius 3 is 2.50 bits per heavy atom. The summed E-state index contributed by atoms with van der Waals surface area (Å²) in [5.74, 6) is 0. The van der Waals surface area contributed by atoms with E-state index in [2.05, 4.69) is 49.9 Å². The third-order valence-electron chi connectivity index (χ3n) is 4.80. The molecule has 1 aromatic rings. The average molecular weight is 274 g/mol. The molecule has 1 aromatic carbocycles. The summed E-state index contributed by atoms with van der Waals surface area (Å²) in [5.41, 5.74) is 9.21. The minimum Gasteiger partial charge on any atom is -0.326 e. The van der Waals surface area contributed by atoms with Gasteiger partial charge in [-0.25, -0.2) is 0 Å². The summed E-state index contributed by atoms with van der Waals surface area (Å²) in [4.78, 5) is 2.68. The van der Waals surface area contributed by atoms with Crippen molar-refractivity contribution in [1.82, 2.24) is 4.90 Å². The van der Waals surface area contributed by atoms with Crippen molar-refractivity contribution < 1.29 is 0 Å². The van der Waals surface area contributed by atoms with Crippen molar-refractivity contribution in [3.05, 3.63) is 35.4 Å². The van der Waals surface area contributed by atoms with Gasteiger partial charge in [-0.05, 0) is 44.7 Å². The summed E-state index contributed by atoms with van der Waals surface area (Å²) in [7, 11) is 0. The first-order chi connectivity index (χ1) is 9.67. The Kier molecular flexibility index (Phi) is 5.62. The van der Waals surface area contributed by atoms with Crippen molar-refractivity contribution in [2.45, 2.75) is 71.0 Å². The van der Waals surface area contributed by atoms with Crippen molar-refractivity contribution in [3.63, 3.8) is 0 Å². The van der Waals surface area contributed by atoms with Crippen LogP contribution in [0.15, 0.2) is 24.3 Å². The number of nitrogens with two attached hydrogens (primary N) is 1. The molecular formula is C18H30N2. The average Bonchev–Trinajstić information content (AvgIpc) is 2.49. The van der Waals surface area contributed by atoms with Crippen LogP contribution in [0.2, 0.25) is 0 Å². The third kappa shape index (κ3) is 3.42. The maximum absolute atomic E-state index is 6.49. The van der Waals surface area contributed by atoms with E-state index < -0.39 is 0 Å². The number of likely N-dealkylation sites (tertiary alicyclic amines) is 1. The molecule has 1 aliphatic heterocycles. The highest BCUT2D eigenvalue weighted by molar-refractivity contribution is 5.25. The Morgan fingerprint density at radius 1 is 1.20 bits per heavy atom. The summed E-state index contributed by atoms with van der Waals surface area (Å²) >= 11 is 0. The molecule has 0 aromatic heterocycles. The zero-order chi connectivity index (χ0) is 14.5. The highest BCUT2D eigenvalue weighted by Crippen LogP contribution is 2.32. The number of benzene rings is 1. The molecule has 3 atom stereocenters. The van der Waals surface area contributed by atoms with E-state index in [1.807, 2.05) is 0 Å². The van der Waals surface area contributed by atoms with Gasteiger partial charge in [0.25, 0.3) is 0 Å². The Hall–Kier alpha value is -0.860. The van der Waals surface area contributed by atoms with Crippen molar-refractivity contribution in [1.29, 1.82) is 0 Å². The molecule has 0 radical (unpaired) electrons. The van der Waals surface area contributed by atoms with E-state index in [1.165, 1.54) is 43.4 Å². The van der Waals surface area contributed by atoms with Gasteiger partial charge in [-0.2, -0.15) is 0 Å². The fourth-order valence-corrected chi connectivity index (χ4v) is 3.50. The molecule has 0 bridgehead atoms. The summed E-state index contributed by atoms with van der Waals surface area (Å²) in [6.45, 7) is 7.86. The maximum Gasteiger partial charge on any atom is 0.0501 e. The van der Waals surface area contributed by atoms with Crippen LogP contribution >= 0.6 is 0 Å². The van der Waals surface area contributed by atoms with Gasteiger partial charge >= 0.3 is 0 Å². The van der Waals surface area contributed by atoms with Crippen LogP contribution in [0.4, 0.5) is 0 Å². The van der Waals surface area contributed by atoms with E-state index in [4.69, 9.17) is 5.73 Å². The highest BCUT2D eigenvalue weighted by atomic mass is 15.2. The molecule has 2 heteroatoms. The molecule has 1 fully saturated rings. The van der Waals surface area contributed by atoms with Crippen molar-refractivity contribution in [2.75, 3.05) is 6.54 Å². The zero-order valence-electron chi connectivity index (χ0n) is 13.3. The SMILES string of the molecule is CCC(N)C(c1ccc(C)cc1)N1CCCCC1CC. The lowest BCUT2D eigenvalue weighted by Crippen LogP contribution is -2.48. The molecule has 112 valence electrons. The zero-order valence-corrected chi connectivity index (χ0v) is 13.3. The minimum atomic E-state index is 0.227. The molecule has 0 aliphatic carbocycles. The second-order valence-electron chi connectivity index (χ2n) is 6.22. The van der Waals surface area contributed by atoms with E-state index in [0.717, 1.165) is 6.42 Å². The number of hydrogen-bond donors (Lipinski definition) is 1. The van der Waals surface area contributed by atoms with Crippen LogP contribution in [-0.4, -0.2) is 23.5 Å². The quantitative estimate of drug-likeness (QED) is 0.878. The standard InChI is InChI=1S/C18H30N2/c1-4-16-8-6-7-13-20(16)18(17(19)5-2)15-11-9-14(3)10-12-15/h9-12,16-18H,4-8,13,19H2,1-3H3. The molecule has 0 spiro atoms. The normalized spacial score (nSPS) is 23.5. The van der Waals surface area contributed by atoms with Crippen LogP contribution in [0.1, 0.15) is 63.1 Å². The highest BCUT2D eigenvalue weighted by Gasteiger charge is 2.31. The number of rotatable bonds is 5. The van der Waals surface area contributed by atoms with Gasteiger partial charge in [-0.15, -0.1) is 0 Å². The third-order valence-corrected chi connectivity index (χ3v) is 4.80. The van der Waals surface area contributed by atoms with Gasteiger partial charge in [0.2, 0.25) is 0 Å². The van der Waals surface area contributed by atoms with Crippen LogP contribution in [0.25, 0.3) is 0 Å². The predicted molar refractivity (Wildman–Crippen MR) is 86.8 cm³/mol. The van der Waals surface area contributed by atoms with E-state index in [0.29, 0.717) is 12.1 Å². The summed E-state index contributed by atoms with van der Waals surface area (Å²) in [6.07, 6.45) is 6.28. The van der Waals surface area contributed by atoms with Crippen molar-refractivity contribution >= 4 is 0 Å². The Labute approximate surface area is 124 Å². The van der Waals surface area contributed by atoms with Crippen molar-refractivity contribution in [2.24, 2.45) is 5.73 Å². The first-order valence-corrected chi connectivity index (χ1v) is 8.25. The van der Waals surface area contributed by atoms with Crippen LogP contribution in [0.3, 0.4) is 0 Å². The first-order valence-electron chi connectivity index (χ1n) is 8.25. The van der Waals surface area contributed by atoms with Crippen LogP contribution in [0, 0.1) is 6.92 Å². The second-order valence-corrected chi connectivity index (χ2v) is 6.22. The molecule has 2 nitrogen and oxygen atoms in total. The van der Waals surface area contributed by atoms with Gasteiger partial charge in [0.05, 0.1) is 6.04 Å². The number of hydrogen-bond acceptors (Lipinski definition) is 2. The number of nitrogens with zero attached hydrogens (tertiary/aromatic N) is 1. The second kappa shape index (κ2) is 7.24. The predicted octanol–water partition coefficient (Wildman–Crippen LogP) is 4.04. The fraction of sp³-hybridized carbons (Fsp3) is 0.667. The molecule has 0 saturated carbocycles. The molecule has 1 aliphatic rings. The summed E-state index contributed by atoms with van der Waals surface area (Å²) < 4.78 is 0. The van der Waals surface area contributed by atoms with Gasteiger partial charge in [-0.1, -0.05) is 50.1 Å². The molecule has 0 amide bonds. The maximum atomic E-state index is 6.49. The molecule has 1 heterocycles. The summed E-state index contributed by atoms with van der Waals surface area (Å²) in [6, 6.07) is 10.3. The Balaban J connectivity index is 2.28. The first kappa shape index (κ1) is 15.5. The van der Waals surface area contributed by atoms with Gasteiger partial charge in [0.15, 0.2) is 0 Å². The van der Waals surface area contributed by atoms with E-state index in [1.54, 1.807) is 0 Å². The van der Waals surface area contributed by atoms with Gasteiger partial charge in [0.1, 0.15) is 0 Å². The van der Waals surface area contributed by atoms with Gasteiger partial charge < -0.3 is 5.73 Å². The van der Waals surface area contributed by atoms with Crippen LogP contribution in [0.5, 0.6) is 0 Å². The lowest BCUT2D eigenvalue weighted by molar-refractivity contribution is 0.0757. The van der Waals surface area contributed by atoms with Crippen LogP contribution < -0.4 is 5.73 Å². The monoisotopic (exact) mass is 274 g/mol. The molecule has 2 N–H and O–H groups in total. The Morgan fingerprint density at radius 2 is 1.90 bits per heavy atom. The molecular weight excluding hydrogens is 244 g/mol. The fourth-order valence-electron chi connectivity index (χ4n) is 3.50. The van der Waals surface area contributed by atoms with E-state index in [9.17, 15) is 0 Å². The lowest BCUT2D eigenvalue weighted by Gasteiger charge is -2.43.